The number of hydrogen-bond donors (Lipinski definition) is 3. The number of anilines is 1. The minimum absolute atomic E-state index is 0.0235. The lowest BCUT2D eigenvalue weighted by Crippen LogP contribution is -2.35. The average molecular weight is 401 g/mol. The molecule has 28 heavy (non-hydrogen) atoms. The van der Waals surface area contributed by atoms with Crippen LogP contribution >= 0.6 is 11.6 Å². The van der Waals surface area contributed by atoms with Crippen LogP contribution in [0, 0.1) is 16.6 Å². The molecule has 0 saturated heterocycles. The third-order valence-electron chi connectivity index (χ3n) is 3.67. The van der Waals surface area contributed by atoms with Gasteiger partial charge in [0.15, 0.2) is 0 Å². The van der Waals surface area contributed by atoms with Crippen LogP contribution in [0.15, 0.2) is 60.3 Å². The van der Waals surface area contributed by atoms with E-state index < -0.39 is 11.7 Å². The first-order valence-corrected chi connectivity index (χ1v) is 8.60. The van der Waals surface area contributed by atoms with Crippen LogP contribution in [0.25, 0.3) is 0 Å². The molecule has 0 aromatic heterocycles. The van der Waals surface area contributed by atoms with E-state index in [1.807, 2.05) is 0 Å². The van der Waals surface area contributed by atoms with E-state index in [1.54, 1.807) is 30.3 Å². The molecule has 3 N–H and O–H groups in total. The summed E-state index contributed by atoms with van der Waals surface area (Å²) >= 11 is 5.91. The molecule has 0 aliphatic carbocycles. The Labute approximate surface area is 166 Å². The number of hydrogen-bond acceptors (Lipinski definition) is 4. The Morgan fingerprint density at radius 3 is 2.46 bits per heavy atom. The zero-order valence-electron chi connectivity index (χ0n) is 15.0. The Balaban J connectivity index is 2.15. The highest BCUT2D eigenvalue weighted by Gasteiger charge is 2.16. The highest BCUT2D eigenvalue weighted by molar-refractivity contribution is 6.31. The number of benzene rings is 2. The molecule has 144 valence electrons. The first kappa shape index (κ1) is 21.0. The Morgan fingerprint density at radius 2 is 1.89 bits per heavy atom. The van der Waals surface area contributed by atoms with Crippen molar-refractivity contribution in [2.24, 2.45) is 0 Å². The van der Waals surface area contributed by atoms with E-state index in [-0.39, 0.29) is 28.9 Å². The van der Waals surface area contributed by atoms with E-state index in [9.17, 15) is 14.0 Å². The van der Waals surface area contributed by atoms with Crippen molar-refractivity contribution in [3.05, 3.63) is 76.7 Å². The molecular formula is C20H18ClFN4O2. The lowest BCUT2D eigenvalue weighted by molar-refractivity contribution is -0.119. The predicted octanol–water partition coefficient (Wildman–Crippen LogP) is 3.70. The topological polar surface area (TPSA) is 97.1 Å². The minimum Gasteiger partial charge on any atom is -0.324 e. The van der Waals surface area contributed by atoms with E-state index in [0.29, 0.717) is 11.3 Å². The van der Waals surface area contributed by atoms with Gasteiger partial charge in [-0.2, -0.15) is 0 Å². The number of amidine groups is 1. The molecule has 6 nitrogen and oxygen atoms in total. The molecular weight excluding hydrogens is 383 g/mol. The number of nitrogens with zero attached hydrogens (tertiary/aromatic N) is 1. The molecule has 0 bridgehead atoms. The summed E-state index contributed by atoms with van der Waals surface area (Å²) in [5.41, 5.74) is 0.940. The maximum absolute atomic E-state index is 13.1. The summed E-state index contributed by atoms with van der Waals surface area (Å²) in [6, 6.07) is 12.3. The van der Waals surface area contributed by atoms with Crippen molar-refractivity contribution >= 4 is 41.2 Å². The molecule has 8 heteroatoms. The summed E-state index contributed by atoms with van der Waals surface area (Å²) in [7, 11) is 0. The third kappa shape index (κ3) is 5.59. The number of amides is 2. The first-order chi connectivity index (χ1) is 13.3. The molecule has 0 radical (unpaired) electrons. The van der Waals surface area contributed by atoms with Gasteiger partial charge in [0.2, 0.25) is 11.8 Å². The van der Waals surface area contributed by atoms with Crippen LogP contribution in [0.5, 0.6) is 0 Å². The summed E-state index contributed by atoms with van der Waals surface area (Å²) in [5, 5.41) is 18.2. The lowest BCUT2D eigenvalue weighted by Gasteiger charge is -2.20. The molecule has 0 fully saturated rings. The number of para-hydroxylation sites is 1. The van der Waals surface area contributed by atoms with Crippen LogP contribution in [0.2, 0.25) is 5.02 Å². The van der Waals surface area contributed by atoms with Gasteiger partial charge >= 0.3 is 0 Å². The molecule has 2 amide bonds. The van der Waals surface area contributed by atoms with Crippen molar-refractivity contribution < 1.29 is 14.0 Å². The highest BCUT2D eigenvalue weighted by atomic mass is 35.5. The molecule has 0 aliphatic heterocycles. The zero-order valence-corrected chi connectivity index (χ0v) is 15.8. The Bertz CT molecular complexity index is 944. The number of halogens is 2. The van der Waals surface area contributed by atoms with Gasteiger partial charge in [-0.25, -0.2) is 4.39 Å². The molecule has 2 aromatic rings. The van der Waals surface area contributed by atoms with Crippen LogP contribution in [-0.4, -0.2) is 23.9 Å². The van der Waals surface area contributed by atoms with Crippen molar-refractivity contribution in [1.82, 2.24) is 5.32 Å². The molecule has 0 unspecified atom stereocenters. The quantitative estimate of drug-likeness (QED) is 0.509. The van der Waals surface area contributed by atoms with Gasteiger partial charge in [-0.1, -0.05) is 35.9 Å². The largest absolute Gasteiger partial charge is 0.324 e. The maximum atomic E-state index is 13.1. The minimum atomic E-state index is -0.507. The summed E-state index contributed by atoms with van der Waals surface area (Å²) < 4.78 is 13.1. The Hall–Kier alpha value is -3.32. The van der Waals surface area contributed by atoms with Crippen LogP contribution in [0.4, 0.5) is 10.1 Å². The SMILES string of the molecule is CC(=O)N(C(=N)/C=C(\C=N)NC(=O)Cc1ccc(F)cc1Cl)c1ccccc1. The molecule has 0 spiro atoms. The van der Waals surface area contributed by atoms with Crippen LogP contribution in [-0.2, 0) is 16.0 Å². The second kappa shape index (κ2) is 9.57. The smallest absolute Gasteiger partial charge is 0.229 e. The highest BCUT2D eigenvalue weighted by Crippen LogP contribution is 2.18. The standard InChI is InChI=1S/C20H18ClFN4O2/c1-13(27)26(17-5-3-2-4-6-17)19(24)11-16(12-23)25-20(28)9-14-7-8-15(22)10-18(14)21/h2-8,10-12,23-24H,9H2,1H3,(H,25,28)/b16-11+,23-12?,24-19?. The van der Waals surface area contributed by atoms with E-state index in [1.165, 1.54) is 25.1 Å². The number of nitrogens with one attached hydrogen (secondary N) is 3. The summed E-state index contributed by atoms with van der Waals surface area (Å²) in [6.45, 7) is 1.31. The second-order valence-electron chi connectivity index (χ2n) is 5.78. The number of allylic oxidation sites excluding steroid dienone is 1. The molecule has 0 aliphatic rings. The number of carbonyl (C=O) groups is 2. The summed E-state index contributed by atoms with van der Waals surface area (Å²) in [6.07, 6.45) is 1.93. The monoisotopic (exact) mass is 400 g/mol. The fourth-order valence-corrected chi connectivity index (χ4v) is 2.67. The van der Waals surface area contributed by atoms with Crippen molar-refractivity contribution in [2.75, 3.05) is 4.90 Å². The van der Waals surface area contributed by atoms with E-state index >= 15 is 0 Å². The van der Waals surface area contributed by atoms with Gasteiger partial charge in [-0.05, 0) is 29.8 Å². The number of rotatable bonds is 6. The van der Waals surface area contributed by atoms with Gasteiger partial charge in [0.1, 0.15) is 11.7 Å². The van der Waals surface area contributed by atoms with Crippen molar-refractivity contribution in [1.29, 1.82) is 10.8 Å². The van der Waals surface area contributed by atoms with E-state index in [2.05, 4.69) is 5.32 Å². The van der Waals surface area contributed by atoms with Gasteiger partial charge < -0.3 is 10.7 Å². The average Bonchev–Trinajstić information content (AvgIpc) is 2.64. The first-order valence-electron chi connectivity index (χ1n) is 8.22. The fraction of sp³-hybridized carbons (Fsp3) is 0.100. The Kier molecular flexibility index (Phi) is 7.17. The van der Waals surface area contributed by atoms with Crippen LogP contribution in [0.1, 0.15) is 12.5 Å². The third-order valence-corrected chi connectivity index (χ3v) is 4.02. The van der Waals surface area contributed by atoms with Gasteiger partial charge in [0.05, 0.1) is 17.8 Å². The van der Waals surface area contributed by atoms with Gasteiger partial charge in [-0.15, -0.1) is 0 Å². The zero-order chi connectivity index (χ0) is 20.7. The fourth-order valence-electron chi connectivity index (χ4n) is 2.44. The normalized spacial score (nSPS) is 10.9. The van der Waals surface area contributed by atoms with Crippen LogP contribution in [0.3, 0.4) is 0 Å². The van der Waals surface area contributed by atoms with Gasteiger partial charge in [0.25, 0.3) is 0 Å². The van der Waals surface area contributed by atoms with Gasteiger partial charge in [0, 0.05) is 24.2 Å². The lowest BCUT2D eigenvalue weighted by atomic mass is 10.1. The van der Waals surface area contributed by atoms with E-state index in [4.69, 9.17) is 22.4 Å². The molecule has 0 heterocycles. The van der Waals surface area contributed by atoms with Crippen molar-refractivity contribution in [3.8, 4) is 0 Å². The molecule has 0 atom stereocenters. The Morgan fingerprint density at radius 1 is 1.21 bits per heavy atom. The van der Waals surface area contributed by atoms with Crippen LogP contribution < -0.4 is 10.2 Å². The van der Waals surface area contributed by atoms with E-state index in [0.717, 1.165) is 17.2 Å². The second-order valence-corrected chi connectivity index (χ2v) is 6.19. The van der Waals surface area contributed by atoms with Crippen molar-refractivity contribution in [3.63, 3.8) is 0 Å². The van der Waals surface area contributed by atoms with Crippen molar-refractivity contribution in [2.45, 2.75) is 13.3 Å². The van der Waals surface area contributed by atoms with Gasteiger partial charge in [-0.3, -0.25) is 19.9 Å². The number of carbonyl (C=O) groups excluding carboxylic acids is 2. The maximum Gasteiger partial charge on any atom is 0.229 e. The molecule has 0 saturated carbocycles. The molecule has 2 aromatic carbocycles. The predicted molar refractivity (Wildman–Crippen MR) is 107 cm³/mol. The summed E-state index contributed by atoms with van der Waals surface area (Å²) in [4.78, 5) is 25.3. The summed E-state index contributed by atoms with van der Waals surface area (Å²) in [5.74, 6) is -1.60. The molecule has 2 rings (SSSR count).